The standard InChI is InChI=1S/C33H32O4S/c1-3-24-13-15-26-21-30(22-32(31(26)20-14-24)25-9-5-4-6-10-25)38(34,35)29-18-16-28(17-19-29)37-23-27-11-7-8-12-33(27)36-2/h3-12,16-19,21-22H,13-15,20,23H2,1-2H3/b24-3+. The summed E-state index contributed by atoms with van der Waals surface area (Å²) in [7, 11) is -2.09. The second kappa shape index (κ2) is 11.3. The van der Waals surface area contributed by atoms with Crippen molar-refractivity contribution >= 4 is 9.84 Å². The maximum absolute atomic E-state index is 13.8. The Morgan fingerprint density at radius 2 is 1.50 bits per heavy atom. The van der Waals surface area contributed by atoms with Crippen LogP contribution in [-0.4, -0.2) is 15.5 Å². The van der Waals surface area contributed by atoms with Crippen molar-refractivity contribution in [1.82, 2.24) is 0 Å². The summed E-state index contributed by atoms with van der Waals surface area (Å²) in [5.41, 5.74) is 6.78. The van der Waals surface area contributed by atoms with Crippen LogP contribution in [0.3, 0.4) is 0 Å². The van der Waals surface area contributed by atoms with Gasteiger partial charge >= 0.3 is 0 Å². The second-order valence-electron chi connectivity index (χ2n) is 9.50. The Kier molecular flexibility index (Phi) is 7.66. The number of hydrogen-bond acceptors (Lipinski definition) is 4. The molecule has 0 saturated heterocycles. The molecule has 5 heteroatoms. The summed E-state index contributed by atoms with van der Waals surface area (Å²) in [6.45, 7) is 2.42. The van der Waals surface area contributed by atoms with Crippen molar-refractivity contribution in [1.29, 1.82) is 0 Å². The zero-order valence-electron chi connectivity index (χ0n) is 21.8. The van der Waals surface area contributed by atoms with E-state index in [0.717, 1.165) is 53.7 Å². The van der Waals surface area contributed by atoms with Gasteiger partial charge in [0.25, 0.3) is 0 Å². The highest BCUT2D eigenvalue weighted by Gasteiger charge is 2.23. The molecule has 0 spiro atoms. The molecular weight excluding hydrogens is 492 g/mol. The number of rotatable bonds is 7. The Balaban J connectivity index is 1.46. The molecule has 0 fully saturated rings. The number of sulfone groups is 1. The maximum Gasteiger partial charge on any atom is 0.206 e. The van der Waals surface area contributed by atoms with Crippen molar-refractivity contribution in [3.05, 3.63) is 119 Å². The number of hydrogen-bond donors (Lipinski definition) is 0. The van der Waals surface area contributed by atoms with Crippen molar-refractivity contribution in [3.8, 4) is 22.6 Å². The first kappa shape index (κ1) is 25.8. The molecule has 0 heterocycles. The molecule has 4 nitrogen and oxygen atoms in total. The van der Waals surface area contributed by atoms with Crippen LogP contribution in [0, 0.1) is 0 Å². The van der Waals surface area contributed by atoms with Crippen molar-refractivity contribution in [3.63, 3.8) is 0 Å². The smallest absolute Gasteiger partial charge is 0.206 e. The van der Waals surface area contributed by atoms with E-state index in [9.17, 15) is 8.42 Å². The van der Waals surface area contributed by atoms with Crippen molar-refractivity contribution < 1.29 is 17.9 Å². The lowest BCUT2D eigenvalue weighted by molar-refractivity contribution is 0.296. The topological polar surface area (TPSA) is 52.6 Å². The minimum absolute atomic E-state index is 0.254. The van der Waals surface area contributed by atoms with E-state index < -0.39 is 9.84 Å². The third-order valence-electron chi connectivity index (χ3n) is 7.25. The molecule has 4 aromatic carbocycles. The zero-order valence-corrected chi connectivity index (χ0v) is 22.6. The van der Waals surface area contributed by atoms with Gasteiger partial charge in [0.05, 0.1) is 16.9 Å². The average Bonchev–Trinajstić information content (AvgIpc) is 3.18. The molecule has 0 aliphatic heterocycles. The van der Waals surface area contributed by atoms with Crippen molar-refractivity contribution in [2.75, 3.05) is 7.11 Å². The van der Waals surface area contributed by atoms with E-state index >= 15 is 0 Å². The highest BCUT2D eigenvalue weighted by atomic mass is 32.2. The van der Waals surface area contributed by atoms with Gasteiger partial charge in [-0.1, -0.05) is 60.2 Å². The fraction of sp³-hybridized carbons (Fsp3) is 0.212. The molecule has 194 valence electrons. The van der Waals surface area contributed by atoms with Crippen LogP contribution >= 0.6 is 0 Å². The van der Waals surface area contributed by atoms with Gasteiger partial charge in [-0.2, -0.15) is 0 Å². The minimum Gasteiger partial charge on any atom is -0.496 e. The third kappa shape index (κ3) is 5.39. The highest BCUT2D eigenvalue weighted by molar-refractivity contribution is 7.91. The van der Waals surface area contributed by atoms with E-state index in [0.29, 0.717) is 17.3 Å². The van der Waals surface area contributed by atoms with Gasteiger partial charge in [-0.15, -0.1) is 0 Å². The largest absolute Gasteiger partial charge is 0.496 e. The first-order valence-electron chi connectivity index (χ1n) is 12.9. The summed E-state index contributed by atoms with van der Waals surface area (Å²) < 4.78 is 38.9. The van der Waals surface area contributed by atoms with Gasteiger partial charge in [0.2, 0.25) is 9.84 Å². The predicted molar refractivity (Wildman–Crippen MR) is 151 cm³/mol. The molecule has 0 amide bonds. The molecule has 4 aromatic rings. The Bertz CT molecular complexity index is 1550. The molecule has 0 saturated carbocycles. The lowest BCUT2D eigenvalue weighted by Gasteiger charge is -2.16. The van der Waals surface area contributed by atoms with Crippen LogP contribution in [0.5, 0.6) is 11.5 Å². The monoisotopic (exact) mass is 524 g/mol. The lowest BCUT2D eigenvalue weighted by Crippen LogP contribution is -2.06. The molecule has 1 aliphatic rings. The quantitative estimate of drug-likeness (QED) is 0.185. The normalized spacial score (nSPS) is 14.5. The van der Waals surface area contributed by atoms with Gasteiger partial charge in [0, 0.05) is 5.56 Å². The van der Waals surface area contributed by atoms with E-state index in [4.69, 9.17) is 9.47 Å². The van der Waals surface area contributed by atoms with Gasteiger partial charge in [0.15, 0.2) is 0 Å². The van der Waals surface area contributed by atoms with Gasteiger partial charge in [-0.25, -0.2) is 8.42 Å². The number of para-hydroxylation sites is 1. The predicted octanol–water partition coefficient (Wildman–Crippen LogP) is 7.60. The zero-order chi connectivity index (χ0) is 26.5. The fourth-order valence-electron chi connectivity index (χ4n) is 5.08. The molecule has 0 radical (unpaired) electrons. The van der Waals surface area contributed by atoms with E-state index in [2.05, 4.69) is 25.1 Å². The summed E-state index contributed by atoms with van der Waals surface area (Å²) >= 11 is 0. The first-order valence-corrected chi connectivity index (χ1v) is 14.4. The van der Waals surface area contributed by atoms with Gasteiger partial charge in [-0.05, 0) is 97.3 Å². The van der Waals surface area contributed by atoms with E-state index in [1.165, 1.54) is 11.1 Å². The van der Waals surface area contributed by atoms with Crippen LogP contribution in [0.1, 0.15) is 36.5 Å². The maximum atomic E-state index is 13.8. The van der Waals surface area contributed by atoms with E-state index in [-0.39, 0.29) is 4.90 Å². The third-order valence-corrected chi connectivity index (χ3v) is 9.00. The minimum atomic E-state index is -3.72. The Labute approximate surface area is 225 Å². The van der Waals surface area contributed by atoms with Crippen LogP contribution in [0.2, 0.25) is 0 Å². The second-order valence-corrected chi connectivity index (χ2v) is 11.4. The van der Waals surface area contributed by atoms with Crippen LogP contribution in [-0.2, 0) is 29.3 Å². The molecule has 0 aromatic heterocycles. The number of allylic oxidation sites excluding steroid dienone is 2. The number of fused-ring (bicyclic) bond motifs is 1. The Morgan fingerprint density at radius 1 is 0.789 bits per heavy atom. The summed E-state index contributed by atoms with van der Waals surface area (Å²) in [6.07, 6.45) is 5.92. The molecule has 0 unspecified atom stereocenters. The highest BCUT2D eigenvalue weighted by Crippen LogP contribution is 2.36. The van der Waals surface area contributed by atoms with Gasteiger partial charge in [-0.3, -0.25) is 0 Å². The number of methoxy groups -OCH3 is 1. The van der Waals surface area contributed by atoms with E-state index in [1.807, 2.05) is 54.6 Å². The molecule has 38 heavy (non-hydrogen) atoms. The lowest BCUT2D eigenvalue weighted by atomic mass is 9.92. The van der Waals surface area contributed by atoms with Crippen molar-refractivity contribution in [2.45, 2.75) is 49.0 Å². The SMILES string of the molecule is C/C=C1\CCc2cc(S(=O)(=O)c3ccc(OCc4ccccc4OC)cc3)cc(-c3ccccc3)c2CC1. The summed E-state index contributed by atoms with van der Waals surface area (Å²) in [4.78, 5) is 0.589. The molecular formula is C33H32O4S. The van der Waals surface area contributed by atoms with Crippen molar-refractivity contribution in [2.24, 2.45) is 0 Å². The number of ether oxygens (including phenoxy) is 2. The number of benzene rings is 4. The Morgan fingerprint density at radius 3 is 2.24 bits per heavy atom. The molecule has 1 aliphatic carbocycles. The molecule has 0 atom stereocenters. The van der Waals surface area contributed by atoms with Crippen LogP contribution in [0.25, 0.3) is 11.1 Å². The van der Waals surface area contributed by atoms with Crippen LogP contribution in [0.4, 0.5) is 0 Å². The van der Waals surface area contributed by atoms with E-state index in [1.54, 1.807) is 31.4 Å². The van der Waals surface area contributed by atoms with Gasteiger partial charge in [0.1, 0.15) is 18.1 Å². The number of aryl methyl sites for hydroxylation is 1. The van der Waals surface area contributed by atoms with Gasteiger partial charge < -0.3 is 9.47 Å². The average molecular weight is 525 g/mol. The molecule has 5 rings (SSSR count). The Hall–Kier alpha value is -3.83. The molecule has 0 bridgehead atoms. The molecule has 0 N–H and O–H groups in total. The summed E-state index contributed by atoms with van der Waals surface area (Å²) in [6, 6.07) is 28.2. The first-order chi connectivity index (χ1) is 18.5. The summed E-state index contributed by atoms with van der Waals surface area (Å²) in [5.74, 6) is 1.35. The fourth-order valence-corrected chi connectivity index (χ4v) is 6.42. The van der Waals surface area contributed by atoms with Crippen LogP contribution < -0.4 is 9.47 Å². The van der Waals surface area contributed by atoms with Crippen LogP contribution in [0.15, 0.2) is 112 Å². The summed E-state index contributed by atoms with van der Waals surface area (Å²) in [5, 5.41) is 0.